The third-order valence-corrected chi connectivity index (χ3v) is 9.36. The molecule has 0 radical (unpaired) electrons. The van der Waals surface area contributed by atoms with Crippen molar-refractivity contribution in [2.24, 2.45) is 11.5 Å². The lowest BCUT2D eigenvalue weighted by Gasteiger charge is -2.34. The van der Waals surface area contributed by atoms with Gasteiger partial charge >= 0.3 is 12.2 Å². The first-order valence-electron chi connectivity index (χ1n) is 18.9. The van der Waals surface area contributed by atoms with E-state index in [1.807, 2.05) is 121 Å². The van der Waals surface area contributed by atoms with Crippen molar-refractivity contribution in [3.63, 3.8) is 0 Å². The van der Waals surface area contributed by atoms with Gasteiger partial charge in [-0.2, -0.15) is 0 Å². The predicted molar refractivity (Wildman–Crippen MR) is 210 cm³/mol. The van der Waals surface area contributed by atoms with Crippen LogP contribution in [0.3, 0.4) is 0 Å². The summed E-state index contributed by atoms with van der Waals surface area (Å²) in [7, 11) is 0. The van der Waals surface area contributed by atoms with E-state index in [0.29, 0.717) is 13.0 Å². The van der Waals surface area contributed by atoms with Gasteiger partial charge in [-0.25, -0.2) is 9.59 Å². The van der Waals surface area contributed by atoms with Gasteiger partial charge in [-0.3, -0.25) is 9.59 Å². The molecular formula is C44H54N4O6. The van der Waals surface area contributed by atoms with Crippen molar-refractivity contribution in [1.82, 2.24) is 10.6 Å². The van der Waals surface area contributed by atoms with Crippen molar-refractivity contribution >= 4 is 23.8 Å². The van der Waals surface area contributed by atoms with E-state index in [9.17, 15) is 19.2 Å². The molecule has 0 fully saturated rings. The molecule has 0 heterocycles. The highest BCUT2D eigenvalue weighted by atomic mass is 16.6. The van der Waals surface area contributed by atoms with Crippen molar-refractivity contribution in [3.05, 3.63) is 144 Å². The average molecular weight is 735 g/mol. The molecule has 0 saturated carbocycles. The van der Waals surface area contributed by atoms with E-state index in [0.717, 1.165) is 60.8 Å². The second-order valence-electron chi connectivity index (χ2n) is 13.6. The topological polar surface area (TPSA) is 163 Å². The predicted octanol–water partition coefficient (Wildman–Crippen LogP) is 6.98. The van der Waals surface area contributed by atoms with Gasteiger partial charge in [0, 0.05) is 0 Å². The first-order chi connectivity index (χ1) is 26.3. The Hall–Kier alpha value is -5.32. The van der Waals surface area contributed by atoms with Crippen molar-refractivity contribution in [2.45, 2.75) is 95.0 Å². The van der Waals surface area contributed by atoms with E-state index in [-0.39, 0.29) is 32.5 Å². The molecule has 0 unspecified atom stereocenters. The number of hydrogen-bond donors (Lipinski definition) is 4. The molecule has 0 aliphatic heterocycles. The Kier molecular flexibility index (Phi) is 17.4. The van der Waals surface area contributed by atoms with Crippen molar-refractivity contribution in [3.8, 4) is 0 Å². The summed E-state index contributed by atoms with van der Waals surface area (Å²) in [5, 5.41) is 5.46. The van der Waals surface area contributed by atoms with E-state index in [4.69, 9.17) is 20.9 Å². The number of carbonyl (C=O) groups excluding carboxylic acids is 4. The minimum atomic E-state index is -2.07. The SMILES string of the molecule is NCCCCCCCCCC(N)(C(=O)[C@H](Cc1ccccc1)NC(=O)OCc1ccccc1)C(=O)[C@H](Cc1ccccc1)NC(=O)OCc1ccccc1. The third kappa shape index (κ3) is 13.9. The summed E-state index contributed by atoms with van der Waals surface area (Å²) in [4.78, 5) is 56.2. The molecule has 4 aromatic rings. The van der Waals surface area contributed by atoms with Gasteiger partial charge in [-0.15, -0.1) is 0 Å². The Bertz CT molecular complexity index is 1590. The normalized spacial score (nSPS) is 12.3. The van der Waals surface area contributed by atoms with Crippen LogP contribution in [0.25, 0.3) is 0 Å². The maximum atomic E-state index is 14.8. The van der Waals surface area contributed by atoms with Gasteiger partial charge in [-0.1, -0.05) is 160 Å². The lowest BCUT2D eigenvalue weighted by atomic mass is 9.76. The van der Waals surface area contributed by atoms with Crippen LogP contribution in [0, 0.1) is 0 Å². The summed E-state index contributed by atoms with van der Waals surface area (Å²) in [5.74, 6) is -1.32. The molecule has 0 bridgehead atoms. The number of benzene rings is 4. The van der Waals surface area contributed by atoms with Gasteiger partial charge in [-0.05, 0) is 54.5 Å². The Morgan fingerprint density at radius 2 is 0.833 bits per heavy atom. The summed E-state index contributed by atoms with van der Waals surface area (Å²) in [6.07, 6.45) is 4.73. The van der Waals surface area contributed by atoms with Gasteiger partial charge in [0.1, 0.15) is 18.8 Å². The largest absolute Gasteiger partial charge is 0.445 e. The molecule has 0 spiro atoms. The summed E-state index contributed by atoms with van der Waals surface area (Å²) >= 11 is 0. The van der Waals surface area contributed by atoms with Gasteiger partial charge in [0.25, 0.3) is 0 Å². The first-order valence-corrected chi connectivity index (χ1v) is 18.9. The monoisotopic (exact) mass is 734 g/mol. The van der Waals surface area contributed by atoms with Crippen molar-refractivity contribution in [2.75, 3.05) is 6.54 Å². The number of amides is 2. The molecule has 0 saturated heterocycles. The second kappa shape index (κ2) is 22.7. The zero-order valence-corrected chi connectivity index (χ0v) is 31.0. The lowest BCUT2D eigenvalue weighted by Crippen LogP contribution is -2.66. The summed E-state index contributed by atoms with van der Waals surface area (Å²) in [6.45, 7) is 0.645. The minimum Gasteiger partial charge on any atom is -0.445 e. The van der Waals surface area contributed by atoms with Crippen molar-refractivity contribution in [1.29, 1.82) is 0 Å². The van der Waals surface area contributed by atoms with Gasteiger partial charge in [0.15, 0.2) is 11.6 Å². The van der Waals surface area contributed by atoms with E-state index in [1.165, 1.54) is 0 Å². The van der Waals surface area contributed by atoms with Crippen LogP contribution < -0.4 is 22.1 Å². The first kappa shape index (κ1) is 41.4. The van der Waals surface area contributed by atoms with Crippen molar-refractivity contribution < 1.29 is 28.7 Å². The molecule has 0 aliphatic carbocycles. The number of alkyl carbamates (subject to hydrolysis) is 2. The van der Waals surface area contributed by atoms with E-state index < -0.39 is 41.4 Å². The molecule has 286 valence electrons. The zero-order chi connectivity index (χ0) is 38.4. The molecule has 4 aromatic carbocycles. The highest BCUT2D eigenvalue weighted by Crippen LogP contribution is 2.23. The van der Waals surface area contributed by atoms with Gasteiger partial charge in [0.05, 0.1) is 12.1 Å². The quantitative estimate of drug-likeness (QED) is 0.0469. The fraction of sp³-hybridized carbons (Fsp3) is 0.364. The Morgan fingerprint density at radius 3 is 1.20 bits per heavy atom. The molecule has 2 atom stereocenters. The Balaban J connectivity index is 1.61. The van der Waals surface area contributed by atoms with E-state index in [1.54, 1.807) is 0 Å². The van der Waals surface area contributed by atoms with Crippen LogP contribution in [0.1, 0.15) is 73.6 Å². The number of hydrogen-bond acceptors (Lipinski definition) is 8. The third-order valence-electron chi connectivity index (χ3n) is 9.36. The number of nitrogens with one attached hydrogen (secondary N) is 2. The highest BCUT2D eigenvalue weighted by Gasteiger charge is 2.48. The molecule has 6 N–H and O–H groups in total. The highest BCUT2D eigenvalue weighted by molar-refractivity contribution is 6.16. The minimum absolute atomic E-state index is 0.00887. The molecule has 0 aromatic heterocycles. The molecule has 4 rings (SSSR count). The molecule has 2 amide bonds. The fourth-order valence-electron chi connectivity index (χ4n) is 6.35. The lowest BCUT2D eigenvalue weighted by molar-refractivity contribution is -0.137. The van der Waals surface area contributed by atoms with E-state index in [2.05, 4.69) is 10.6 Å². The number of Topliss-reactive ketones (excluding diaryl/α,β-unsaturated/α-hetero) is 2. The van der Waals surface area contributed by atoms with Crippen LogP contribution in [0.5, 0.6) is 0 Å². The van der Waals surface area contributed by atoms with Gasteiger partial charge < -0.3 is 31.6 Å². The number of ketones is 2. The van der Waals surface area contributed by atoms with E-state index >= 15 is 0 Å². The summed E-state index contributed by atoms with van der Waals surface area (Å²) < 4.78 is 11.0. The summed E-state index contributed by atoms with van der Waals surface area (Å²) in [5.41, 5.74) is 13.7. The molecular weight excluding hydrogens is 681 g/mol. The molecule has 0 aliphatic rings. The van der Waals surface area contributed by atoms with Crippen LogP contribution in [-0.4, -0.2) is 47.9 Å². The van der Waals surface area contributed by atoms with Gasteiger partial charge in [0.2, 0.25) is 0 Å². The van der Waals surface area contributed by atoms with Crippen LogP contribution >= 0.6 is 0 Å². The average Bonchev–Trinajstić information content (AvgIpc) is 3.20. The summed E-state index contributed by atoms with van der Waals surface area (Å²) in [6, 6.07) is 34.4. The molecule has 54 heavy (non-hydrogen) atoms. The standard InChI is InChI=1S/C44H54N4O6/c45-29-19-5-3-1-2-4-18-28-44(46,40(49)38(30-34-20-10-6-11-21-34)47-42(51)53-32-36-24-14-8-15-25-36)41(50)39(31-35-22-12-7-13-23-35)48-43(52)54-33-37-26-16-9-17-27-37/h6-17,20-27,38-39H,1-5,18-19,28-33,45-46H2,(H,47,51)(H,48,52)/t38-,39-/m0/s1. The maximum absolute atomic E-state index is 14.8. The number of nitrogens with two attached hydrogens (primary N) is 2. The zero-order valence-electron chi connectivity index (χ0n) is 31.0. The number of carbonyl (C=O) groups is 4. The smallest absolute Gasteiger partial charge is 0.408 e. The maximum Gasteiger partial charge on any atom is 0.408 e. The van der Waals surface area contributed by atoms with Crippen LogP contribution in [0.2, 0.25) is 0 Å². The number of ether oxygens (including phenoxy) is 2. The Morgan fingerprint density at radius 1 is 0.500 bits per heavy atom. The second-order valence-corrected chi connectivity index (χ2v) is 13.6. The number of rotatable bonds is 23. The number of unbranched alkanes of at least 4 members (excludes halogenated alkanes) is 6. The van der Waals surface area contributed by atoms with Crippen LogP contribution in [-0.2, 0) is 45.1 Å². The molecule has 10 heteroatoms. The van der Waals surface area contributed by atoms with Crippen LogP contribution in [0.15, 0.2) is 121 Å². The molecule has 10 nitrogen and oxygen atoms in total. The fourth-order valence-corrected chi connectivity index (χ4v) is 6.35. The van der Waals surface area contributed by atoms with Crippen LogP contribution in [0.4, 0.5) is 9.59 Å². The Labute approximate surface area is 319 Å².